The first kappa shape index (κ1) is 17.5. The minimum absolute atomic E-state index is 0.390. The molecule has 0 saturated heterocycles. The third-order valence-corrected chi connectivity index (χ3v) is 3.37. The van der Waals surface area contributed by atoms with Gasteiger partial charge in [0.1, 0.15) is 5.75 Å². The Morgan fingerprint density at radius 3 is 2.17 bits per heavy atom. The van der Waals surface area contributed by atoms with Crippen molar-refractivity contribution in [1.82, 2.24) is 0 Å². The molecule has 0 radical (unpaired) electrons. The van der Waals surface area contributed by atoms with Gasteiger partial charge in [-0.2, -0.15) is 0 Å². The largest absolute Gasteiger partial charge is 0.479 e. The number of rotatable bonds is 6. The topological polar surface area (TPSA) is 64.6 Å². The standard InChI is InChI=1S/C19H21NO4/c1-13-9-11-16(12-10-13)20-18(21)14(2)24-19(22)15(3)23-17-7-5-4-6-8-17/h4-12,14-15H,1-3H3,(H,20,21)/t14-,15+/m0/s1. The number of hydrogen-bond acceptors (Lipinski definition) is 4. The van der Waals surface area contributed by atoms with Gasteiger partial charge in [-0.05, 0) is 45.0 Å². The van der Waals surface area contributed by atoms with Crippen molar-refractivity contribution in [2.24, 2.45) is 0 Å². The quantitative estimate of drug-likeness (QED) is 0.827. The molecule has 0 spiro atoms. The second-order valence-corrected chi connectivity index (χ2v) is 5.51. The molecular weight excluding hydrogens is 306 g/mol. The van der Waals surface area contributed by atoms with E-state index in [1.54, 1.807) is 31.2 Å². The van der Waals surface area contributed by atoms with E-state index in [9.17, 15) is 9.59 Å². The average Bonchev–Trinajstić information content (AvgIpc) is 2.57. The molecule has 24 heavy (non-hydrogen) atoms. The van der Waals surface area contributed by atoms with Crippen LogP contribution in [0.5, 0.6) is 5.75 Å². The molecule has 2 atom stereocenters. The van der Waals surface area contributed by atoms with E-state index < -0.39 is 18.2 Å². The lowest BCUT2D eigenvalue weighted by Gasteiger charge is -2.17. The van der Waals surface area contributed by atoms with Gasteiger partial charge in [0.25, 0.3) is 5.91 Å². The number of hydrogen-bond donors (Lipinski definition) is 1. The Morgan fingerprint density at radius 2 is 1.54 bits per heavy atom. The van der Waals surface area contributed by atoms with Gasteiger partial charge in [-0.3, -0.25) is 4.79 Å². The second kappa shape index (κ2) is 8.15. The molecule has 5 nitrogen and oxygen atoms in total. The monoisotopic (exact) mass is 327 g/mol. The lowest BCUT2D eigenvalue weighted by molar-refractivity contribution is -0.159. The van der Waals surface area contributed by atoms with Gasteiger partial charge in [-0.1, -0.05) is 35.9 Å². The molecule has 0 aliphatic heterocycles. The predicted molar refractivity (Wildman–Crippen MR) is 91.9 cm³/mol. The van der Waals surface area contributed by atoms with Crippen molar-refractivity contribution in [3.05, 3.63) is 60.2 Å². The molecule has 0 bridgehead atoms. The van der Waals surface area contributed by atoms with E-state index >= 15 is 0 Å². The van der Waals surface area contributed by atoms with Crippen molar-refractivity contribution in [1.29, 1.82) is 0 Å². The Hall–Kier alpha value is -2.82. The van der Waals surface area contributed by atoms with Crippen molar-refractivity contribution >= 4 is 17.6 Å². The maximum Gasteiger partial charge on any atom is 0.347 e. The van der Waals surface area contributed by atoms with E-state index in [2.05, 4.69) is 5.32 Å². The highest BCUT2D eigenvalue weighted by molar-refractivity contribution is 5.95. The third kappa shape index (κ3) is 5.12. The van der Waals surface area contributed by atoms with Crippen LogP contribution >= 0.6 is 0 Å². The number of ether oxygens (including phenoxy) is 2. The fraction of sp³-hybridized carbons (Fsp3) is 0.263. The van der Waals surface area contributed by atoms with Gasteiger partial charge < -0.3 is 14.8 Å². The first-order valence-corrected chi connectivity index (χ1v) is 7.75. The molecule has 2 aromatic carbocycles. The van der Waals surface area contributed by atoms with Crippen LogP contribution in [0.3, 0.4) is 0 Å². The molecule has 1 N–H and O–H groups in total. The zero-order chi connectivity index (χ0) is 17.5. The lowest BCUT2D eigenvalue weighted by atomic mass is 10.2. The van der Waals surface area contributed by atoms with Crippen molar-refractivity contribution in [3.8, 4) is 5.75 Å². The summed E-state index contributed by atoms with van der Waals surface area (Å²) < 4.78 is 10.6. The molecule has 126 valence electrons. The van der Waals surface area contributed by atoms with E-state index in [4.69, 9.17) is 9.47 Å². The van der Waals surface area contributed by atoms with Crippen LogP contribution in [0.25, 0.3) is 0 Å². The van der Waals surface area contributed by atoms with E-state index in [0.717, 1.165) is 5.56 Å². The maximum absolute atomic E-state index is 12.1. The average molecular weight is 327 g/mol. The summed E-state index contributed by atoms with van der Waals surface area (Å²) in [5, 5.41) is 2.71. The fourth-order valence-electron chi connectivity index (χ4n) is 1.96. The van der Waals surface area contributed by atoms with Crippen molar-refractivity contribution in [2.45, 2.75) is 33.0 Å². The summed E-state index contributed by atoms with van der Waals surface area (Å²) >= 11 is 0. The number of amides is 1. The number of aryl methyl sites for hydroxylation is 1. The van der Waals surface area contributed by atoms with Crippen LogP contribution in [0.2, 0.25) is 0 Å². The number of nitrogens with one attached hydrogen (secondary N) is 1. The third-order valence-electron chi connectivity index (χ3n) is 3.37. The highest BCUT2D eigenvalue weighted by atomic mass is 16.6. The SMILES string of the molecule is Cc1ccc(NC(=O)[C@H](C)OC(=O)[C@@H](C)Oc2ccccc2)cc1. The Morgan fingerprint density at radius 1 is 0.917 bits per heavy atom. The van der Waals surface area contributed by atoms with Crippen LogP contribution in [0.1, 0.15) is 19.4 Å². The van der Waals surface area contributed by atoms with Crippen LogP contribution in [-0.4, -0.2) is 24.1 Å². The number of anilines is 1. The van der Waals surface area contributed by atoms with Gasteiger partial charge in [-0.15, -0.1) is 0 Å². The Bertz CT molecular complexity index is 682. The number of carbonyl (C=O) groups excluding carboxylic acids is 2. The Balaban J connectivity index is 1.85. The first-order chi connectivity index (χ1) is 11.5. The van der Waals surface area contributed by atoms with Gasteiger partial charge in [0, 0.05) is 5.69 Å². The van der Waals surface area contributed by atoms with Gasteiger partial charge in [0.05, 0.1) is 0 Å². The minimum Gasteiger partial charge on any atom is -0.479 e. The van der Waals surface area contributed by atoms with Crippen LogP contribution in [0, 0.1) is 6.92 Å². The summed E-state index contributed by atoms with van der Waals surface area (Å²) in [7, 11) is 0. The molecule has 1 amide bonds. The molecule has 0 aromatic heterocycles. The maximum atomic E-state index is 12.1. The van der Waals surface area contributed by atoms with E-state index in [-0.39, 0.29) is 5.91 Å². The summed E-state index contributed by atoms with van der Waals surface area (Å²) in [6.45, 7) is 5.07. The highest BCUT2D eigenvalue weighted by Gasteiger charge is 2.23. The van der Waals surface area contributed by atoms with Gasteiger partial charge in [0.2, 0.25) is 0 Å². The molecule has 2 rings (SSSR count). The zero-order valence-electron chi connectivity index (χ0n) is 14.0. The van der Waals surface area contributed by atoms with E-state index in [1.165, 1.54) is 6.92 Å². The number of esters is 1. The number of benzene rings is 2. The molecule has 0 saturated carbocycles. The minimum atomic E-state index is -0.916. The predicted octanol–water partition coefficient (Wildman–Crippen LogP) is 3.33. The summed E-state index contributed by atoms with van der Waals surface area (Å²) in [5.74, 6) is -0.414. The van der Waals surface area contributed by atoms with Crippen LogP contribution in [0.4, 0.5) is 5.69 Å². The molecular formula is C19H21NO4. The van der Waals surface area contributed by atoms with Gasteiger partial charge in [-0.25, -0.2) is 4.79 Å². The van der Waals surface area contributed by atoms with E-state index in [1.807, 2.05) is 37.3 Å². The van der Waals surface area contributed by atoms with Crippen molar-refractivity contribution in [2.75, 3.05) is 5.32 Å². The van der Waals surface area contributed by atoms with Crippen molar-refractivity contribution in [3.63, 3.8) is 0 Å². The van der Waals surface area contributed by atoms with Crippen LogP contribution < -0.4 is 10.1 Å². The van der Waals surface area contributed by atoms with Gasteiger partial charge in [0.15, 0.2) is 12.2 Å². The summed E-state index contributed by atoms with van der Waals surface area (Å²) in [6.07, 6.45) is -1.72. The normalized spacial score (nSPS) is 12.8. The molecule has 0 fully saturated rings. The highest BCUT2D eigenvalue weighted by Crippen LogP contribution is 2.13. The Kier molecular flexibility index (Phi) is 5.95. The fourth-order valence-corrected chi connectivity index (χ4v) is 1.96. The molecule has 0 aliphatic carbocycles. The smallest absolute Gasteiger partial charge is 0.347 e. The second-order valence-electron chi connectivity index (χ2n) is 5.51. The summed E-state index contributed by atoms with van der Waals surface area (Å²) in [4.78, 5) is 24.1. The van der Waals surface area contributed by atoms with Crippen molar-refractivity contribution < 1.29 is 19.1 Å². The van der Waals surface area contributed by atoms with E-state index in [0.29, 0.717) is 11.4 Å². The summed E-state index contributed by atoms with van der Waals surface area (Å²) in [5.41, 5.74) is 1.75. The van der Waals surface area contributed by atoms with Crippen LogP contribution in [-0.2, 0) is 14.3 Å². The number of para-hydroxylation sites is 1. The lowest BCUT2D eigenvalue weighted by Crippen LogP contribution is -2.35. The molecule has 0 unspecified atom stereocenters. The molecule has 0 aliphatic rings. The zero-order valence-corrected chi connectivity index (χ0v) is 14.0. The summed E-state index contributed by atoms with van der Waals surface area (Å²) in [6, 6.07) is 16.3. The molecule has 2 aromatic rings. The van der Waals surface area contributed by atoms with Gasteiger partial charge >= 0.3 is 5.97 Å². The molecule has 5 heteroatoms. The first-order valence-electron chi connectivity index (χ1n) is 7.75. The number of carbonyl (C=O) groups is 2. The Labute approximate surface area is 141 Å². The molecule has 0 heterocycles. The van der Waals surface area contributed by atoms with Crippen LogP contribution in [0.15, 0.2) is 54.6 Å².